The molecule has 2 aromatic carbocycles. The van der Waals surface area contributed by atoms with Gasteiger partial charge in [-0.25, -0.2) is 4.68 Å². The van der Waals surface area contributed by atoms with Crippen molar-refractivity contribution in [2.24, 2.45) is 0 Å². The van der Waals surface area contributed by atoms with Crippen molar-refractivity contribution in [3.05, 3.63) is 70.9 Å². The molecule has 0 saturated carbocycles. The van der Waals surface area contributed by atoms with E-state index in [2.05, 4.69) is 26.0 Å². The number of thioether (sulfide) groups is 1. The van der Waals surface area contributed by atoms with Crippen molar-refractivity contribution in [1.29, 1.82) is 0 Å². The second-order valence-electron chi connectivity index (χ2n) is 7.73. The predicted molar refractivity (Wildman–Crippen MR) is 131 cm³/mol. The Balaban J connectivity index is 1.76. The van der Waals surface area contributed by atoms with E-state index in [-0.39, 0.29) is 11.8 Å². The van der Waals surface area contributed by atoms with Crippen LogP contribution < -0.4 is 16.0 Å². The van der Waals surface area contributed by atoms with E-state index in [1.54, 1.807) is 16.4 Å². The van der Waals surface area contributed by atoms with Gasteiger partial charge in [0.1, 0.15) is 6.04 Å². The highest BCUT2D eigenvalue weighted by atomic mass is 32.2. The average Bonchev–Trinajstić information content (AvgIpc) is 3.16. The van der Waals surface area contributed by atoms with Gasteiger partial charge in [0.2, 0.25) is 17.0 Å². The van der Waals surface area contributed by atoms with Crippen molar-refractivity contribution < 1.29 is 9.59 Å². The SMILES string of the molecule is CCSc1nc2n(n1)[C@@H](c1ccc(NC(C)=O)cc1)C(C(=O)Nc1ccccc1C)=C(C)N2. The number of anilines is 3. The number of rotatable bonds is 6. The fraction of sp³-hybridized carbons (Fsp3) is 0.250. The Morgan fingerprint density at radius 3 is 2.48 bits per heavy atom. The zero-order valence-corrected chi connectivity index (χ0v) is 19.8. The van der Waals surface area contributed by atoms with E-state index in [9.17, 15) is 9.59 Å². The Bertz CT molecular complexity index is 1230. The fourth-order valence-corrected chi connectivity index (χ4v) is 4.33. The van der Waals surface area contributed by atoms with Crippen LogP contribution in [0.1, 0.15) is 37.9 Å². The Hall–Kier alpha value is -3.59. The van der Waals surface area contributed by atoms with Crippen LogP contribution in [-0.2, 0) is 9.59 Å². The number of carbonyl (C=O) groups excluding carboxylic acids is 2. The molecule has 0 fully saturated rings. The molecule has 0 unspecified atom stereocenters. The van der Waals surface area contributed by atoms with Crippen LogP contribution in [0.25, 0.3) is 0 Å². The Kier molecular flexibility index (Phi) is 6.50. The molecule has 1 atom stereocenters. The van der Waals surface area contributed by atoms with Crippen LogP contribution in [0.15, 0.2) is 65.0 Å². The molecule has 3 aromatic rings. The smallest absolute Gasteiger partial charge is 0.255 e. The normalized spacial score (nSPS) is 15.0. The van der Waals surface area contributed by atoms with Crippen LogP contribution in [-0.4, -0.2) is 32.3 Å². The van der Waals surface area contributed by atoms with Gasteiger partial charge in [0.05, 0.1) is 5.57 Å². The van der Waals surface area contributed by atoms with E-state index >= 15 is 0 Å². The van der Waals surface area contributed by atoms with Gasteiger partial charge in [0.15, 0.2) is 0 Å². The first-order chi connectivity index (χ1) is 15.9. The van der Waals surface area contributed by atoms with Crippen LogP contribution in [0.4, 0.5) is 17.3 Å². The third-order valence-corrected chi connectivity index (χ3v) is 6.01. The van der Waals surface area contributed by atoms with E-state index in [0.717, 1.165) is 22.6 Å². The summed E-state index contributed by atoms with van der Waals surface area (Å²) in [5, 5.41) is 14.4. The van der Waals surface area contributed by atoms with Gasteiger partial charge < -0.3 is 16.0 Å². The van der Waals surface area contributed by atoms with Gasteiger partial charge >= 0.3 is 0 Å². The Morgan fingerprint density at radius 1 is 1.09 bits per heavy atom. The van der Waals surface area contributed by atoms with Crippen LogP contribution in [0, 0.1) is 6.92 Å². The number of nitrogens with one attached hydrogen (secondary N) is 3. The molecule has 2 amide bonds. The molecule has 33 heavy (non-hydrogen) atoms. The Morgan fingerprint density at radius 2 is 1.82 bits per heavy atom. The Labute approximate surface area is 196 Å². The number of para-hydroxylation sites is 1. The number of amides is 2. The van der Waals surface area contributed by atoms with Gasteiger partial charge in [-0.1, -0.05) is 49.0 Å². The van der Waals surface area contributed by atoms with E-state index < -0.39 is 6.04 Å². The third-order valence-electron chi connectivity index (χ3n) is 5.29. The highest BCUT2D eigenvalue weighted by Crippen LogP contribution is 2.37. The van der Waals surface area contributed by atoms with Gasteiger partial charge in [-0.3, -0.25) is 9.59 Å². The van der Waals surface area contributed by atoms with Gasteiger partial charge in [0.25, 0.3) is 5.91 Å². The number of hydrogen-bond donors (Lipinski definition) is 3. The first kappa shape index (κ1) is 22.6. The van der Waals surface area contributed by atoms with Crippen molar-refractivity contribution in [2.45, 2.75) is 38.9 Å². The molecular formula is C24H26N6O2S. The summed E-state index contributed by atoms with van der Waals surface area (Å²) >= 11 is 1.54. The first-order valence-electron chi connectivity index (χ1n) is 10.7. The van der Waals surface area contributed by atoms with Crippen molar-refractivity contribution in [1.82, 2.24) is 14.8 Å². The molecule has 3 N–H and O–H groups in total. The largest absolute Gasteiger partial charge is 0.328 e. The number of hydrogen-bond acceptors (Lipinski definition) is 6. The van der Waals surface area contributed by atoms with Crippen LogP contribution >= 0.6 is 11.8 Å². The summed E-state index contributed by atoms with van der Waals surface area (Å²) < 4.78 is 1.76. The van der Waals surface area contributed by atoms with Crippen LogP contribution in [0.5, 0.6) is 0 Å². The third kappa shape index (κ3) is 4.78. The number of allylic oxidation sites excluding steroid dienone is 1. The highest BCUT2D eigenvalue weighted by molar-refractivity contribution is 7.99. The molecule has 0 spiro atoms. The summed E-state index contributed by atoms with van der Waals surface area (Å²) in [7, 11) is 0. The molecule has 0 saturated heterocycles. The summed E-state index contributed by atoms with van der Waals surface area (Å²) in [4.78, 5) is 29.5. The predicted octanol–water partition coefficient (Wildman–Crippen LogP) is 4.58. The standard InChI is InChI=1S/C24H26N6O2S/c1-5-33-24-28-23-25-15(3)20(22(32)27-19-9-7-6-8-14(19)2)21(30(23)29-24)17-10-12-18(13-11-17)26-16(4)31/h6-13,21H,5H2,1-4H3,(H,26,31)(H,27,32)(H,25,28,29)/t21-/m0/s1. The molecule has 9 heteroatoms. The zero-order valence-electron chi connectivity index (χ0n) is 19.0. The van der Waals surface area contributed by atoms with E-state index in [1.807, 2.05) is 69.3 Å². The molecule has 0 bridgehead atoms. The van der Waals surface area contributed by atoms with E-state index in [4.69, 9.17) is 0 Å². The summed E-state index contributed by atoms with van der Waals surface area (Å²) in [5.74, 6) is 1.08. The number of aryl methyl sites for hydroxylation is 1. The molecule has 1 aliphatic rings. The molecule has 1 aromatic heterocycles. The van der Waals surface area contributed by atoms with Gasteiger partial charge in [-0.15, -0.1) is 5.10 Å². The first-order valence-corrected chi connectivity index (χ1v) is 11.7. The lowest BCUT2D eigenvalue weighted by Gasteiger charge is -2.29. The van der Waals surface area contributed by atoms with E-state index in [0.29, 0.717) is 28.1 Å². The average molecular weight is 463 g/mol. The number of carbonyl (C=O) groups is 2. The van der Waals surface area contributed by atoms with Crippen LogP contribution in [0.3, 0.4) is 0 Å². The lowest BCUT2D eigenvalue weighted by molar-refractivity contribution is -0.114. The minimum atomic E-state index is -0.477. The lowest BCUT2D eigenvalue weighted by Crippen LogP contribution is -2.31. The summed E-state index contributed by atoms with van der Waals surface area (Å²) in [6.07, 6.45) is 0. The highest BCUT2D eigenvalue weighted by Gasteiger charge is 2.34. The molecular weight excluding hydrogens is 436 g/mol. The lowest BCUT2D eigenvalue weighted by atomic mass is 9.94. The van der Waals surface area contributed by atoms with Crippen molar-refractivity contribution >= 4 is 40.9 Å². The number of nitrogens with zero attached hydrogens (tertiary/aromatic N) is 3. The molecule has 2 heterocycles. The monoisotopic (exact) mass is 462 g/mol. The maximum Gasteiger partial charge on any atom is 0.255 e. The second kappa shape index (κ2) is 9.50. The van der Waals surface area contributed by atoms with Crippen molar-refractivity contribution in [3.63, 3.8) is 0 Å². The maximum absolute atomic E-state index is 13.5. The second-order valence-corrected chi connectivity index (χ2v) is 8.97. The van der Waals surface area contributed by atoms with E-state index in [1.165, 1.54) is 6.92 Å². The maximum atomic E-state index is 13.5. The number of fused-ring (bicyclic) bond motifs is 1. The quantitative estimate of drug-likeness (QED) is 0.464. The molecule has 0 radical (unpaired) electrons. The number of benzene rings is 2. The minimum Gasteiger partial charge on any atom is -0.328 e. The minimum absolute atomic E-state index is 0.140. The topological polar surface area (TPSA) is 101 Å². The zero-order chi connectivity index (χ0) is 23.5. The van der Waals surface area contributed by atoms with Crippen LogP contribution in [0.2, 0.25) is 0 Å². The molecule has 4 rings (SSSR count). The molecule has 8 nitrogen and oxygen atoms in total. The summed E-state index contributed by atoms with van der Waals surface area (Å²) in [6.45, 7) is 7.34. The van der Waals surface area contributed by atoms with Crippen molar-refractivity contribution in [3.8, 4) is 0 Å². The summed E-state index contributed by atoms with van der Waals surface area (Å²) in [6, 6.07) is 14.6. The molecule has 0 aliphatic carbocycles. The van der Waals surface area contributed by atoms with Gasteiger partial charge in [0, 0.05) is 24.0 Å². The fourth-order valence-electron chi connectivity index (χ4n) is 3.78. The van der Waals surface area contributed by atoms with Gasteiger partial charge in [-0.05, 0) is 48.9 Å². The molecule has 170 valence electrons. The van der Waals surface area contributed by atoms with Gasteiger partial charge in [-0.2, -0.15) is 4.98 Å². The summed E-state index contributed by atoms with van der Waals surface area (Å²) in [5.41, 5.74) is 4.55. The molecule has 1 aliphatic heterocycles. The number of aromatic nitrogens is 3. The van der Waals surface area contributed by atoms with Crippen molar-refractivity contribution in [2.75, 3.05) is 21.7 Å².